The lowest BCUT2D eigenvalue weighted by molar-refractivity contribution is -0.275. The van der Waals surface area contributed by atoms with Gasteiger partial charge in [-0.3, -0.25) is 0 Å². The predicted molar refractivity (Wildman–Crippen MR) is 134 cm³/mol. The number of fused-ring (bicyclic) bond motifs is 2. The number of aliphatic carboxylic acids is 2. The van der Waals surface area contributed by atoms with Crippen LogP contribution < -0.4 is 24.3 Å². The average Bonchev–Trinajstić information content (AvgIpc) is 2.90. The van der Waals surface area contributed by atoms with Gasteiger partial charge in [-0.1, -0.05) is 0 Å². The van der Waals surface area contributed by atoms with Gasteiger partial charge in [0.15, 0.2) is 0 Å². The maximum Gasteiger partial charge on any atom is 0.573 e. The Morgan fingerprint density at radius 2 is 1.06 bits per heavy atom. The summed E-state index contributed by atoms with van der Waals surface area (Å²) in [6.07, 6.45) is -26.9. The summed E-state index contributed by atoms with van der Waals surface area (Å²) >= 11 is 0. The highest BCUT2D eigenvalue weighted by molar-refractivity contribution is 5.96. The van der Waals surface area contributed by atoms with Crippen molar-refractivity contribution in [3.63, 3.8) is 0 Å². The van der Waals surface area contributed by atoms with Gasteiger partial charge in [-0.25, -0.2) is 9.59 Å². The Morgan fingerprint density at radius 3 is 1.44 bits per heavy atom. The molecule has 0 fully saturated rings. The van der Waals surface area contributed by atoms with Gasteiger partial charge in [-0.05, 0) is 54.9 Å². The van der Waals surface area contributed by atoms with Gasteiger partial charge < -0.3 is 34.5 Å². The maximum atomic E-state index is 13.6. The zero-order chi connectivity index (χ0) is 36.0. The van der Waals surface area contributed by atoms with Crippen molar-refractivity contribution in [2.24, 2.45) is 0 Å². The third-order valence-corrected chi connectivity index (χ3v) is 6.44. The van der Waals surface area contributed by atoms with Crippen LogP contribution in [-0.2, 0) is 22.6 Å². The number of alkyl halides is 12. The Kier molecular flexibility index (Phi) is 9.50. The van der Waals surface area contributed by atoms with Crippen molar-refractivity contribution in [3.05, 3.63) is 57.7 Å². The largest absolute Gasteiger partial charge is 0.573 e. The van der Waals surface area contributed by atoms with Gasteiger partial charge in [0.1, 0.15) is 23.0 Å². The lowest BCUT2D eigenvalue weighted by Crippen LogP contribution is -2.40. The van der Waals surface area contributed by atoms with E-state index in [4.69, 9.17) is 9.47 Å². The minimum absolute atomic E-state index is 0.396. The summed E-state index contributed by atoms with van der Waals surface area (Å²) in [5.41, 5.74) is -4.64. The van der Waals surface area contributed by atoms with Crippen molar-refractivity contribution < 1.29 is 91.4 Å². The molecule has 2 atom stereocenters. The summed E-state index contributed by atoms with van der Waals surface area (Å²) in [7, 11) is 0. The number of rotatable bonds is 9. The second-order valence-electron chi connectivity index (χ2n) is 9.91. The molecule has 0 saturated heterocycles. The van der Waals surface area contributed by atoms with E-state index in [1.54, 1.807) is 0 Å². The number of benzene rings is 2. The number of hydrogen-bond acceptors (Lipinski definition) is 7. The Balaban J connectivity index is 1.67. The van der Waals surface area contributed by atoms with Crippen LogP contribution in [0.25, 0.3) is 12.2 Å². The van der Waals surface area contributed by atoms with Crippen LogP contribution in [0.5, 0.6) is 23.0 Å². The fourth-order valence-corrected chi connectivity index (χ4v) is 4.70. The first-order valence-electron chi connectivity index (χ1n) is 12.9. The van der Waals surface area contributed by atoms with Crippen molar-refractivity contribution in [3.8, 4) is 23.0 Å². The second kappa shape index (κ2) is 12.7. The first-order chi connectivity index (χ1) is 21.9. The normalized spacial score (nSPS) is 18.0. The molecular weight excluding hydrogens is 694 g/mol. The molecule has 0 spiro atoms. The molecule has 3 N–H and O–H groups in total. The van der Waals surface area contributed by atoms with Crippen molar-refractivity contribution in [2.75, 3.05) is 6.54 Å². The molecule has 2 unspecified atom stereocenters. The molecule has 48 heavy (non-hydrogen) atoms. The number of hydrogen-bond donors (Lipinski definition) is 3. The van der Waals surface area contributed by atoms with Gasteiger partial charge in [0, 0.05) is 23.2 Å². The van der Waals surface area contributed by atoms with E-state index >= 15 is 0 Å². The number of halogens is 12. The molecule has 2 aromatic rings. The number of carbonyl (C=O) groups is 2. The van der Waals surface area contributed by atoms with Gasteiger partial charge in [0.25, 0.3) is 0 Å². The second-order valence-corrected chi connectivity index (χ2v) is 9.91. The maximum absolute atomic E-state index is 13.6. The summed E-state index contributed by atoms with van der Waals surface area (Å²) in [4.78, 5) is 22.9. The van der Waals surface area contributed by atoms with Crippen LogP contribution in [0, 0.1) is 0 Å². The highest BCUT2D eigenvalue weighted by Gasteiger charge is 2.50. The first-order valence-corrected chi connectivity index (χ1v) is 12.9. The topological polar surface area (TPSA) is 124 Å². The van der Waals surface area contributed by atoms with Crippen molar-refractivity contribution >= 4 is 24.1 Å². The highest BCUT2D eigenvalue weighted by atomic mass is 19.4. The Bertz CT molecular complexity index is 1540. The van der Waals surface area contributed by atoms with E-state index in [-0.39, 0.29) is 0 Å². The van der Waals surface area contributed by atoms with Crippen LogP contribution in [0.2, 0.25) is 0 Å². The fourth-order valence-electron chi connectivity index (χ4n) is 4.70. The van der Waals surface area contributed by atoms with Gasteiger partial charge in [0.2, 0.25) is 12.2 Å². The van der Waals surface area contributed by atoms with Crippen LogP contribution in [0.3, 0.4) is 0 Å². The summed E-state index contributed by atoms with van der Waals surface area (Å²) < 4.78 is 177. The first kappa shape index (κ1) is 36.0. The van der Waals surface area contributed by atoms with E-state index in [0.717, 1.165) is 0 Å². The zero-order valence-electron chi connectivity index (χ0n) is 23.1. The average molecular weight is 711 g/mol. The molecule has 0 bridgehead atoms. The molecule has 2 aromatic carbocycles. The van der Waals surface area contributed by atoms with Crippen molar-refractivity contribution in [1.29, 1.82) is 0 Å². The van der Waals surface area contributed by atoms with Crippen LogP contribution in [0.15, 0.2) is 35.4 Å². The Hall–Kier alpha value is -4.82. The van der Waals surface area contributed by atoms with Gasteiger partial charge >= 0.3 is 37.0 Å². The third-order valence-electron chi connectivity index (χ3n) is 6.44. The quantitative estimate of drug-likeness (QED) is 0.200. The molecule has 0 saturated carbocycles. The molecule has 0 radical (unpaired) electrons. The zero-order valence-corrected chi connectivity index (χ0v) is 23.1. The third kappa shape index (κ3) is 8.55. The van der Waals surface area contributed by atoms with Crippen molar-refractivity contribution in [1.82, 2.24) is 5.32 Å². The predicted octanol–water partition coefficient (Wildman–Crippen LogP) is 6.40. The van der Waals surface area contributed by atoms with Crippen LogP contribution in [0.4, 0.5) is 52.7 Å². The molecule has 9 nitrogen and oxygen atoms in total. The van der Waals surface area contributed by atoms with E-state index in [0.29, 0.717) is 36.4 Å². The van der Waals surface area contributed by atoms with Crippen LogP contribution in [-0.4, -0.2) is 66.0 Å². The number of nitrogens with one attached hydrogen (secondary N) is 1. The van der Waals surface area contributed by atoms with Gasteiger partial charge in [0.05, 0.1) is 11.1 Å². The van der Waals surface area contributed by atoms with Crippen molar-refractivity contribution in [2.45, 2.75) is 50.3 Å². The SMILES string of the molecule is O=C(O)C1=Cc2cc(OC(F)(F)F)cc(CCNCc3cc(OC(F)(F)F)cc4c3OC(C(F)(F)F)C(C(=O)O)=C4)c2OC1C(F)(F)F. The molecule has 0 aliphatic carbocycles. The minimum atomic E-state index is -5.30. The number of carboxylic acid groups (broad SMARTS) is 2. The van der Waals surface area contributed by atoms with Crippen LogP contribution in [0.1, 0.15) is 22.3 Å². The lowest BCUT2D eigenvalue weighted by atomic mass is 9.97. The number of carboxylic acids is 2. The fraction of sp³-hybridized carbons (Fsp3) is 0.333. The molecule has 262 valence electrons. The van der Waals surface area contributed by atoms with E-state index in [1.165, 1.54) is 0 Å². The lowest BCUT2D eigenvalue weighted by Gasteiger charge is -2.29. The summed E-state index contributed by atoms with van der Waals surface area (Å²) in [6, 6.07) is 2.38. The molecule has 21 heteroatoms. The van der Waals surface area contributed by atoms with Gasteiger partial charge in [-0.2, -0.15) is 26.3 Å². The molecule has 0 amide bonds. The smallest absolute Gasteiger partial charge is 0.478 e. The molecule has 2 aliphatic heterocycles. The van der Waals surface area contributed by atoms with E-state index in [9.17, 15) is 72.5 Å². The number of ether oxygens (including phenoxy) is 4. The van der Waals surface area contributed by atoms with E-state index < -0.39 is 125 Å². The molecule has 2 aliphatic rings. The molecular formula is C27H17F12NO8. The van der Waals surface area contributed by atoms with E-state index in [2.05, 4.69) is 14.8 Å². The Labute approximate surface area is 258 Å². The minimum Gasteiger partial charge on any atom is -0.478 e. The summed E-state index contributed by atoms with van der Waals surface area (Å²) in [5, 5.41) is 21.0. The monoisotopic (exact) mass is 711 g/mol. The highest BCUT2D eigenvalue weighted by Crippen LogP contribution is 2.43. The van der Waals surface area contributed by atoms with E-state index in [1.807, 2.05) is 0 Å². The van der Waals surface area contributed by atoms with Crippen LogP contribution >= 0.6 is 0 Å². The molecule has 2 heterocycles. The van der Waals surface area contributed by atoms with Gasteiger partial charge in [-0.15, -0.1) is 26.3 Å². The summed E-state index contributed by atoms with van der Waals surface area (Å²) in [6.45, 7) is -1.11. The standard InChI is InChI=1S/C27H17F12NO8/c28-24(29,30)20-16(22(41)42)7-11-4-14(47-26(34,35)36)3-10(18(11)45-20)1-2-40-9-13-6-15(48-27(37,38)39)5-12-8-17(23(43)44)21(25(31,32)33)46-19(12)13/h3-8,20-21,40H,1-2,9H2,(H,41,42)(H,43,44). The molecule has 4 rings (SSSR count). The Morgan fingerprint density at radius 1 is 0.667 bits per heavy atom. The molecule has 0 aromatic heterocycles. The summed E-state index contributed by atoms with van der Waals surface area (Å²) in [5.74, 6) is -7.54.